The van der Waals surface area contributed by atoms with E-state index in [0.29, 0.717) is 43.1 Å². The quantitative estimate of drug-likeness (QED) is 0.395. The van der Waals surface area contributed by atoms with Crippen molar-refractivity contribution in [1.29, 1.82) is 0 Å². The number of piperazine rings is 1. The van der Waals surface area contributed by atoms with E-state index >= 15 is 0 Å². The third-order valence-corrected chi connectivity index (χ3v) is 6.73. The summed E-state index contributed by atoms with van der Waals surface area (Å²) in [4.78, 5) is 37.8. The van der Waals surface area contributed by atoms with Gasteiger partial charge in [-0.2, -0.15) is 0 Å². The summed E-state index contributed by atoms with van der Waals surface area (Å²) in [5.41, 5.74) is 2.01. The van der Waals surface area contributed by atoms with E-state index in [9.17, 15) is 29.7 Å². The second-order valence-corrected chi connectivity index (χ2v) is 9.04. The summed E-state index contributed by atoms with van der Waals surface area (Å²) in [5, 5.41) is 29.1. The van der Waals surface area contributed by atoms with E-state index in [1.807, 2.05) is 24.3 Å². The molecule has 0 unspecified atom stereocenters. The highest BCUT2D eigenvalue weighted by molar-refractivity contribution is 5.99. The van der Waals surface area contributed by atoms with Crippen molar-refractivity contribution in [2.75, 3.05) is 33.4 Å². The van der Waals surface area contributed by atoms with E-state index in [4.69, 9.17) is 14.2 Å². The Balaban J connectivity index is 1.38. The molecule has 4 rings (SSSR count). The fourth-order valence-corrected chi connectivity index (χ4v) is 5.01. The van der Waals surface area contributed by atoms with Crippen LogP contribution in [0.4, 0.5) is 9.59 Å². The first-order valence-electron chi connectivity index (χ1n) is 12.2. The zero-order valence-electron chi connectivity index (χ0n) is 20.9. The lowest BCUT2D eigenvalue weighted by molar-refractivity contribution is -0.133. The predicted molar refractivity (Wildman–Crippen MR) is 135 cm³/mol. The first kappa shape index (κ1) is 26.8. The van der Waals surface area contributed by atoms with Crippen LogP contribution >= 0.6 is 0 Å². The van der Waals surface area contributed by atoms with Crippen LogP contribution in [-0.2, 0) is 16.1 Å². The largest absolute Gasteiger partial charge is 0.496 e. The molecular formula is C27H30N2O9. The molecule has 11 nitrogen and oxygen atoms in total. The maximum atomic E-state index is 12.2. The minimum absolute atomic E-state index is 0.0190. The maximum Gasteiger partial charge on any atom is 0.408 e. The molecule has 0 radical (unpaired) electrons. The fourth-order valence-electron chi connectivity index (χ4n) is 5.01. The number of methoxy groups -OCH3 is 1. The van der Waals surface area contributed by atoms with Gasteiger partial charge in [-0.25, -0.2) is 14.4 Å². The van der Waals surface area contributed by atoms with Crippen LogP contribution in [0.5, 0.6) is 11.5 Å². The number of amides is 2. The summed E-state index contributed by atoms with van der Waals surface area (Å²) in [7, 11) is 1.62. The van der Waals surface area contributed by atoms with Crippen LogP contribution in [0, 0.1) is 0 Å². The number of carboxylic acid groups (broad SMARTS) is 3. The molecular weight excluding hydrogens is 496 g/mol. The summed E-state index contributed by atoms with van der Waals surface area (Å²) < 4.78 is 16.8. The van der Waals surface area contributed by atoms with Gasteiger partial charge in [0.2, 0.25) is 0 Å². The number of carbonyl (C=O) groups is 3. The number of hydrogen-bond acceptors (Lipinski definition) is 6. The Kier molecular flexibility index (Phi) is 8.37. The van der Waals surface area contributed by atoms with Gasteiger partial charge in [-0.15, -0.1) is 0 Å². The van der Waals surface area contributed by atoms with E-state index in [1.54, 1.807) is 31.4 Å². The molecule has 3 N–H and O–H groups in total. The number of ether oxygens (including phenoxy) is 3. The Morgan fingerprint density at radius 1 is 0.947 bits per heavy atom. The molecule has 1 fully saturated rings. The number of benzene rings is 2. The summed E-state index contributed by atoms with van der Waals surface area (Å²) in [6.07, 6.45) is -1.71. The third kappa shape index (κ3) is 5.83. The highest BCUT2D eigenvalue weighted by Gasteiger charge is 2.47. The number of rotatable bonds is 10. The van der Waals surface area contributed by atoms with Gasteiger partial charge >= 0.3 is 18.2 Å². The highest BCUT2D eigenvalue weighted by atomic mass is 16.5. The second-order valence-electron chi connectivity index (χ2n) is 9.04. The molecule has 0 spiro atoms. The first-order valence-corrected chi connectivity index (χ1v) is 12.2. The van der Waals surface area contributed by atoms with Crippen LogP contribution in [-0.4, -0.2) is 88.8 Å². The Morgan fingerprint density at radius 2 is 1.68 bits per heavy atom. The Bertz CT molecular complexity index is 1210. The zero-order chi connectivity index (χ0) is 27.2. The molecule has 2 bridgehead atoms. The SMILES string of the molecule is COc1ccccc1COCCCOc1ccc(C2=C(C(=O)O)[C@H]3CN(C(=O)O)C[C@@H](C2)N3C(=O)O)cc1. The van der Waals surface area contributed by atoms with Gasteiger partial charge < -0.3 is 34.4 Å². The summed E-state index contributed by atoms with van der Waals surface area (Å²) in [5.74, 6) is 0.119. The van der Waals surface area contributed by atoms with Crippen LogP contribution in [0.25, 0.3) is 5.57 Å². The molecule has 38 heavy (non-hydrogen) atoms. The van der Waals surface area contributed by atoms with Crippen molar-refractivity contribution in [2.24, 2.45) is 0 Å². The molecule has 2 aromatic rings. The van der Waals surface area contributed by atoms with Crippen molar-refractivity contribution in [3.05, 3.63) is 65.2 Å². The number of fused-ring (bicyclic) bond motifs is 2. The fraction of sp³-hybridized carbons (Fsp3) is 0.370. The molecule has 0 aliphatic carbocycles. The van der Waals surface area contributed by atoms with Crippen LogP contribution < -0.4 is 9.47 Å². The lowest BCUT2D eigenvalue weighted by Crippen LogP contribution is -2.64. The van der Waals surface area contributed by atoms with Crippen molar-refractivity contribution in [1.82, 2.24) is 9.80 Å². The second kappa shape index (κ2) is 11.9. The first-order chi connectivity index (χ1) is 18.3. The normalized spacial score (nSPS) is 18.8. The van der Waals surface area contributed by atoms with E-state index in [0.717, 1.165) is 21.1 Å². The third-order valence-electron chi connectivity index (χ3n) is 6.73. The number of hydrogen-bond donors (Lipinski definition) is 3. The van der Waals surface area contributed by atoms with Crippen molar-refractivity contribution < 1.29 is 43.9 Å². The lowest BCUT2D eigenvalue weighted by Gasteiger charge is -2.48. The Morgan fingerprint density at radius 3 is 2.34 bits per heavy atom. The molecule has 11 heteroatoms. The van der Waals surface area contributed by atoms with Gasteiger partial charge in [-0.1, -0.05) is 30.3 Å². The summed E-state index contributed by atoms with van der Waals surface area (Å²) in [6.45, 7) is 1.11. The van der Waals surface area contributed by atoms with Gasteiger partial charge in [-0.05, 0) is 35.8 Å². The lowest BCUT2D eigenvalue weighted by atomic mass is 9.82. The van der Waals surface area contributed by atoms with E-state index in [2.05, 4.69) is 0 Å². The molecule has 2 aliphatic heterocycles. The zero-order valence-corrected chi connectivity index (χ0v) is 20.9. The maximum absolute atomic E-state index is 12.2. The smallest absolute Gasteiger partial charge is 0.408 e. The molecule has 202 valence electrons. The minimum atomic E-state index is -1.27. The van der Waals surface area contributed by atoms with Gasteiger partial charge in [0.15, 0.2) is 0 Å². The van der Waals surface area contributed by atoms with Gasteiger partial charge in [0.1, 0.15) is 11.5 Å². The van der Waals surface area contributed by atoms with Crippen LogP contribution in [0.15, 0.2) is 54.1 Å². The average Bonchev–Trinajstić information content (AvgIpc) is 2.89. The monoisotopic (exact) mass is 526 g/mol. The summed E-state index contributed by atoms with van der Waals surface area (Å²) >= 11 is 0. The van der Waals surface area contributed by atoms with Gasteiger partial charge in [-0.3, -0.25) is 4.90 Å². The van der Waals surface area contributed by atoms with Gasteiger partial charge in [0.05, 0.1) is 44.6 Å². The number of aliphatic carboxylic acids is 1. The average molecular weight is 527 g/mol. The molecule has 0 aromatic heterocycles. The molecule has 2 atom stereocenters. The summed E-state index contributed by atoms with van der Waals surface area (Å²) in [6, 6.07) is 12.9. The van der Waals surface area contributed by atoms with E-state index < -0.39 is 30.2 Å². The number of carboxylic acids is 1. The Hall–Kier alpha value is -4.25. The molecule has 2 aromatic carbocycles. The number of para-hydroxylation sites is 1. The van der Waals surface area contributed by atoms with E-state index in [1.165, 1.54) is 0 Å². The van der Waals surface area contributed by atoms with Gasteiger partial charge in [0.25, 0.3) is 0 Å². The van der Waals surface area contributed by atoms with Crippen molar-refractivity contribution in [3.63, 3.8) is 0 Å². The highest BCUT2D eigenvalue weighted by Crippen LogP contribution is 2.39. The molecule has 2 amide bonds. The van der Waals surface area contributed by atoms with Crippen molar-refractivity contribution in [2.45, 2.75) is 31.5 Å². The standard InChI is InChI=1S/C27H30N2O9/c1-36-23-6-3-2-5-18(23)16-37-11-4-12-38-20-9-7-17(8-10-20)21-13-19-14-28(26(32)33)15-22(24(21)25(30)31)29(19)27(34)35/h2-3,5-10,19,22H,4,11-16H2,1H3,(H,30,31)(H,32,33)(H,34,35)/t19-,22-/m1/s1. The molecule has 0 saturated carbocycles. The van der Waals surface area contributed by atoms with Crippen LogP contribution in [0.3, 0.4) is 0 Å². The van der Waals surface area contributed by atoms with Crippen molar-refractivity contribution in [3.8, 4) is 11.5 Å². The minimum Gasteiger partial charge on any atom is -0.496 e. The Labute approximate surface area is 219 Å². The van der Waals surface area contributed by atoms with Crippen LogP contribution in [0.1, 0.15) is 24.0 Å². The molecule has 2 aliphatic rings. The molecule has 2 heterocycles. The van der Waals surface area contributed by atoms with E-state index in [-0.39, 0.29) is 25.1 Å². The molecule has 1 saturated heterocycles. The van der Waals surface area contributed by atoms with Crippen LogP contribution in [0.2, 0.25) is 0 Å². The predicted octanol–water partition coefficient (Wildman–Crippen LogP) is 3.63. The number of nitrogens with zero attached hydrogens (tertiary/aromatic N) is 2. The van der Waals surface area contributed by atoms with Gasteiger partial charge in [0, 0.05) is 25.1 Å². The van der Waals surface area contributed by atoms with Crippen molar-refractivity contribution >= 4 is 23.7 Å². The topological polar surface area (TPSA) is 146 Å².